The van der Waals surface area contributed by atoms with E-state index < -0.39 is 11.0 Å². The van der Waals surface area contributed by atoms with Crippen molar-refractivity contribution in [2.24, 2.45) is 0 Å². The third-order valence-electron chi connectivity index (χ3n) is 2.22. The molecule has 5 heteroatoms. The number of benzene rings is 1. The molecule has 1 aromatic rings. The summed E-state index contributed by atoms with van der Waals surface area (Å²) >= 11 is 11.9. The molecule has 0 bridgehead atoms. The number of rotatable bonds is 3. The van der Waals surface area contributed by atoms with Crippen LogP contribution in [-0.4, -0.2) is 8.96 Å². The van der Waals surface area contributed by atoms with Gasteiger partial charge in [-0.05, 0) is 51.5 Å². The molecular weight excluding hydrogens is 277 g/mol. The Morgan fingerprint density at radius 2 is 1.65 bits per heavy atom. The number of hydrogen-bond acceptors (Lipinski definition) is 1. The highest BCUT2D eigenvalue weighted by Crippen LogP contribution is 2.24. The second-order valence-corrected chi connectivity index (χ2v) is 7.79. The molecule has 0 spiro atoms. The standard InChI is InChI=1S/C12H17Cl2NOS/c1-8(15-17(16)12(2,3)4)9-5-10(13)7-11(14)6-9/h5-8,15H,1-4H3/t8-,17-/m0/s1. The minimum atomic E-state index is -1.12. The Labute approximate surface area is 115 Å². The summed E-state index contributed by atoms with van der Waals surface area (Å²) in [6.45, 7) is 7.71. The SMILES string of the molecule is C[C@H](N[S@@](=O)C(C)(C)C)c1cc(Cl)cc(Cl)c1. The van der Waals surface area contributed by atoms with Crippen molar-refractivity contribution < 1.29 is 4.21 Å². The molecule has 1 aromatic carbocycles. The maximum Gasteiger partial charge on any atom is 0.0975 e. The van der Waals surface area contributed by atoms with Crippen molar-refractivity contribution in [1.82, 2.24) is 4.72 Å². The summed E-state index contributed by atoms with van der Waals surface area (Å²) in [6.07, 6.45) is 0. The Balaban J connectivity index is 2.83. The first-order valence-electron chi connectivity index (χ1n) is 5.34. The van der Waals surface area contributed by atoms with Gasteiger partial charge in [-0.15, -0.1) is 0 Å². The number of hydrogen-bond donors (Lipinski definition) is 1. The van der Waals surface area contributed by atoms with Gasteiger partial charge in [0.15, 0.2) is 0 Å². The fourth-order valence-electron chi connectivity index (χ4n) is 1.23. The molecule has 0 aliphatic carbocycles. The first-order chi connectivity index (χ1) is 7.70. The molecule has 0 aromatic heterocycles. The quantitative estimate of drug-likeness (QED) is 0.893. The molecule has 0 fully saturated rings. The zero-order valence-electron chi connectivity index (χ0n) is 10.4. The van der Waals surface area contributed by atoms with Crippen molar-refractivity contribution in [2.75, 3.05) is 0 Å². The third-order valence-corrected chi connectivity index (χ3v) is 4.34. The second kappa shape index (κ2) is 5.70. The van der Waals surface area contributed by atoms with E-state index in [1.54, 1.807) is 6.07 Å². The molecule has 2 atom stereocenters. The van der Waals surface area contributed by atoms with Crippen LogP contribution >= 0.6 is 23.2 Å². The van der Waals surface area contributed by atoms with Gasteiger partial charge < -0.3 is 0 Å². The molecule has 0 unspecified atom stereocenters. The maximum absolute atomic E-state index is 12.0. The van der Waals surface area contributed by atoms with Crippen LogP contribution in [-0.2, 0) is 11.0 Å². The minimum absolute atomic E-state index is 0.0636. The summed E-state index contributed by atoms with van der Waals surface area (Å²) in [4.78, 5) is 0. The van der Waals surface area contributed by atoms with E-state index in [4.69, 9.17) is 23.2 Å². The Morgan fingerprint density at radius 3 is 2.06 bits per heavy atom. The lowest BCUT2D eigenvalue weighted by molar-refractivity contribution is 0.616. The van der Waals surface area contributed by atoms with Crippen molar-refractivity contribution in [3.8, 4) is 0 Å². The Hall–Kier alpha value is -0.0900. The van der Waals surface area contributed by atoms with Gasteiger partial charge in [-0.3, -0.25) is 0 Å². The normalized spacial score (nSPS) is 15.6. The van der Waals surface area contributed by atoms with E-state index >= 15 is 0 Å². The van der Waals surface area contributed by atoms with Gasteiger partial charge in [0.1, 0.15) is 0 Å². The van der Waals surface area contributed by atoms with Crippen LogP contribution in [0.25, 0.3) is 0 Å². The summed E-state index contributed by atoms with van der Waals surface area (Å²) in [5, 5.41) is 1.17. The van der Waals surface area contributed by atoms with Crippen LogP contribution < -0.4 is 4.72 Å². The summed E-state index contributed by atoms with van der Waals surface area (Å²) in [6, 6.07) is 5.27. The van der Waals surface area contributed by atoms with E-state index in [1.165, 1.54) is 0 Å². The summed E-state index contributed by atoms with van der Waals surface area (Å²) < 4.78 is 14.7. The van der Waals surface area contributed by atoms with Gasteiger partial charge in [-0.1, -0.05) is 23.2 Å². The van der Waals surface area contributed by atoms with Crippen LogP contribution in [0.4, 0.5) is 0 Å². The Morgan fingerprint density at radius 1 is 1.18 bits per heavy atom. The minimum Gasteiger partial charge on any atom is -0.242 e. The van der Waals surface area contributed by atoms with Crippen molar-refractivity contribution in [2.45, 2.75) is 38.5 Å². The van der Waals surface area contributed by atoms with Crippen LogP contribution in [0.1, 0.15) is 39.3 Å². The van der Waals surface area contributed by atoms with Gasteiger partial charge >= 0.3 is 0 Å². The highest BCUT2D eigenvalue weighted by atomic mass is 35.5. The van der Waals surface area contributed by atoms with E-state index in [1.807, 2.05) is 39.8 Å². The van der Waals surface area contributed by atoms with Crippen LogP contribution in [0.2, 0.25) is 10.0 Å². The van der Waals surface area contributed by atoms with Crippen molar-refractivity contribution in [1.29, 1.82) is 0 Å². The molecule has 17 heavy (non-hydrogen) atoms. The van der Waals surface area contributed by atoms with Crippen LogP contribution in [0.15, 0.2) is 18.2 Å². The topological polar surface area (TPSA) is 29.1 Å². The van der Waals surface area contributed by atoms with E-state index in [2.05, 4.69) is 4.72 Å². The molecule has 0 radical (unpaired) electrons. The van der Waals surface area contributed by atoms with Gasteiger partial charge in [0.05, 0.1) is 15.7 Å². The second-order valence-electron chi connectivity index (χ2n) is 4.92. The Kier molecular flexibility index (Phi) is 5.02. The average molecular weight is 294 g/mol. The van der Waals surface area contributed by atoms with E-state index in [9.17, 15) is 4.21 Å². The first kappa shape index (κ1) is 15.0. The molecular formula is C12H17Cl2NOS. The molecule has 1 N–H and O–H groups in total. The zero-order valence-corrected chi connectivity index (χ0v) is 12.7. The summed E-state index contributed by atoms with van der Waals surface area (Å²) in [5.74, 6) is 0. The fraction of sp³-hybridized carbons (Fsp3) is 0.500. The van der Waals surface area contributed by atoms with Gasteiger partial charge in [0.2, 0.25) is 0 Å². The Bertz CT molecular complexity index is 409. The fourth-order valence-corrected chi connectivity index (χ4v) is 2.58. The van der Waals surface area contributed by atoms with E-state index in [0.29, 0.717) is 10.0 Å². The first-order valence-corrected chi connectivity index (χ1v) is 7.25. The lowest BCUT2D eigenvalue weighted by Crippen LogP contribution is -2.34. The molecule has 0 aliphatic rings. The van der Waals surface area contributed by atoms with Crippen LogP contribution in [0.3, 0.4) is 0 Å². The van der Waals surface area contributed by atoms with Crippen molar-refractivity contribution in [3.05, 3.63) is 33.8 Å². The maximum atomic E-state index is 12.0. The summed E-state index contributed by atoms with van der Waals surface area (Å²) in [5.41, 5.74) is 0.931. The largest absolute Gasteiger partial charge is 0.242 e. The number of nitrogens with one attached hydrogen (secondary N) is 1. The highest BCUT2D eigenvalue weighted by Gasteiger charge is 2.21. The predicted octanol–water partition coefficient (Wildman–Crippen LogP) is 4.11. The van der Waals surface area contributed by atoms with Gasteiger partial charge in [0, 0.05) is 16.1 Å². The van der Waals surface area contributed by atoms with Crippen LogP contribution in [0.5, 0.6) is 0 Å². The average Bonchev–Trinajstić information content (AvgIpc) is 2.14. The molecule has 96 valence electrons. The molecule has 0 amide bonds. The van der Waals surface area contributed by atoms with Crippen LogP contribution in [0, 0.1) is 0 Å². The zero-order chi connectivity index (χ0) is 13.2. The lowest BCUT2D eigenvalue weighted by Gasteiger charge is -2.22. The van der Waals surface area contributed by atoms with Crippen molar-refractivity contribution in [3.63, 3.8) is 0 Å². The predicted molar refractivity (Wildman–Crippen MR) is 75.9 cm³/mol. The highest BCUT2D eigenvalue weighted by molar-refractivity contribution is 7.84. The third kappa shape index (κ3) is 4.59. The van der Waals surface area contributed by atoms with Gasteiger partial charge in [-0.2, -0.15) is 0 Å². The van der Waals surface area contributed by atoms with E-state index in [0.717, 1.165) is 5.56 Å². The smallest absolute Gasteiger partial charge is 0.0975 e. The van der Waals surface area contributed by atoms with Crippen molar-refractivity contribution >= 4 is 34.2 Å². The molecule has 0 aliphatic heterocycles. The van der Waals surface area contributed by atoms with Gasteiger partial charge in [-0.25, -0.2) is 8.93 Å². The molecule has 0 heterocycles. The molecule has 0 saturated carbocycles. The molecule has 2 nitrogen and oxygen atoms in total. The summed E-state index contributed by atoms with van der Waals surface area (Å²) in [7, 11) is -1.12. The van der Waals surface area contributed by atoms with Gasteiger partial charge in [0.25, 0.3) is 0 Å². The molecule has 0 saturated heterocycles. The lowest BCUT2D eigenvalue weighted by atomic mass is 10.1. The number of halogens is 2. The van der Waals surface area contributed by atoms with E-state index in [-0.39, 0.29) is 10.8 Å². The monoisotopic (exact) mass is 293 g/mol. The molecule has 1 rings (SSSR count).